The third-order valence-electron chi connectivity index (χ3n) is 1.49. The van der Waals surface area contributed by atoms with E-state index in [1.807, 2.05) is 0 Å². The van der Waals surface area contributed by atoms with Crippen molar-refractivity contribution in [3.8, 4) is 0 Å². The molecule has 0 heterocycles. The first-order chi connectivity index (χ1) is 6.65. The Balaban J connectivity index is 2.76. The molecule has 0 saturated heterocycles. The maximum atomic E-state index is 11.4. The Morgan fingerprint density at radius 3 is 2.93 bits per heavy atom. The Labute approximate surface area is 95.5 Å². The minimum atomic E-state index is -0.304. The fourth-order valence-corrected chi connectivity index (χ4v) is 1.26. The lowest BCUT2D eigenvalue weighted by Crippen LogP contribution is -2.23. The zero-order valence-corrected chi connectivity index (χ0v) is 9.85. The summed E-state index contributed by atoms with van der Waals surface area (Å²) in [6.07, 6.45) is 0. The van der Waals surface area contributed by atoms with E-state index in [1.165, 1.54) is 0 Å². The van der Waals surface area contributed by atoms with Gasteiger partial charge in [-0.15, -0.1) is 0 Å². The normalized spacial score (nSPS) is 9.93. The summed E-state index contributed by atoms with van der Waals surface area (Å²) < 4.78 is 0.757. The Bertz CT molecular complexity index is 344. The molecule has 1 N–H and O–H groups in total. The number of hydroxylamine groups is 1. The molecule has 0 aliphatic carbocycles. The van der Waals surface area contributed by atoms with Crippen LogP contribution in [0.5, 0.6) is 0 Å². The predicted octanol–water partition coefficient (Wildman–Crippen LogP) is 2.78. The molecule has 1 amide bonds. The molecular weight excluding hydrogens is 269 g/mol. The van der Waals surface area contributed by atoms with Crippen molar-refractivity contribution in [1.82, 2.24) is 5.48 Å². The number of benzene rings is 1. The summed E-state index contributed by atoms with van der Waals surface area (Å²) in [5.41, 5.74) is 2.75. The van der Waals surface area contributed by atoms with Crippen LogP contribution in [-0.4, -0.2) is 12.5 Å². The van der Waals surface area contributed by atoms with Crippen molar-refractivity contribution < 1.29 is 9.63 Å². The summed E-state index contributed by atoms with van der Waals surface area (Å²) in [5, 5.41) is 0.495. The van der Waals surface area contributed by atoms with Crippen LogP contribution in [0.25, 0.3) is 0 Å². The lowest BCUT2D eigenvalue weighted by Gasteiger charge is -2.04. The molecular formula is C9H9BrClNO2. The molecule has 1 aromatic carbocycles. The van der Waals surface area contributed by atoms with Crippen LogP contribution >= 0.6 is 27.5 Å². The molecule has 0 fully saturated rings. The summed E-state index contributed by atoms with van der Waals surface area (Å²) in [6, 6.07) is 4.94. The van der Waals surface area contributed by atoms with Crippen molar-refractivity contribution in [1.29, 1.82) is 0 Å². The van der Waals surface area contributed by atoms with Gasteiger partial charge in [-0.3, -0.25) is 9.63 Å². The van der Waals surface area contributed by atoms with Crippen LogP contribution in [-0.2, 0) is 4.84 Å². The van der Waals surface area contributed by atoms with Crippen LogP contribution in [0.15, 0.2) is 22.7 Å². The van der Waals surface area contributed by atoms with E-state index in [0.717, 1.165) is 4.47 Å². The average molecular weight is 279 g/mol. The smallest absolute Gasteiger partial charge is 0.274 e. The Hall–Kier alpha value is -0.580. The highest BCUT2D eigenvalue weighted by molar-refractivity contribution is 9.10. The first-order valence-electron chi connectivity index (χ1n) is 4.02. The van der Waals surface area contributed by atoms with Gasteiger partial charge in [-0.1, -0.05) is 11.6 Å². The second kappa shape index (κ2) is 5.34. The topological polar surface area (TPSA) is 38.3 Å². The van der Waals surface area contributed by atoms with E-state index in [4.69, 9.17) is 16.4 Å². The number of carbonyl (C=O) groups is 1. The summed E-state index contributed by atoms with van der Waals surface area (Å²) >= 11 is 9.06. The molecule has 0 aliphatic rings. The molecule has 3 nitrogen and oxygen atoms in total. The van der Waals surface area contributed by atoms with Gasteiger partial charge in [0.25, 0.3) is 5.91 Å². The van der Waals surface area contributed by atoms with Crippen LogP contribution < -0.4 is 5.48 Å². The van der Waals surface area contributed by atoms with Crippen LogP contribution in [0.1, 0.15) is 17.3 Å². The van der Waals surface area contributed by atoms with Gasteiger partial charge in [0.05, 0.1) is 11.6 Å². The van der Waals surface area contributed by atoms with E-state index in [2.05, 4.69) is 21.4 Å². The van der Waals surface area contributed by atoms with E-state index in [-0.39, 0.29) is 5.91 Å². The Kier molecular flexibility index (Phi) is 4.38. The molecule has 1 rings (SSSR count). The quantitative estimate of drug-likeness (QED) is 0.864. The maximum Gasteiger partial charge on any atom is 0.274 e. The molecule has 76 valence electrons. The third kappa shape index (κ3) is 2.97. The summed E-state index contributed by atoms with van der Waals surface area (Å²) in [4.78, 5) is 16.1. The number of carbonyl (C=O) groups excluding carboxylic acids is 1. The minimum absolute atomic E-state index is 0.304. The number of hydrogen-bond donors (Lipinski definition) is 1. The van der Waals surface area contributed by atoms with Crippen molar-refractivity contribution in [2.75, 3.05) is 6.61 Å². The number of hydrogen-bond acceptors (Lipinski definition) is 2. The van der Waals surface area contributed by atoms with Gasteiger partial charge < -0.3 is 0 Å². The van der Waals surface area contributed by atoms with E-state index in [9.17, 15) is 4.79 Å². The van der Waals surface area contributed by atoms with Crippen molar-refractivity contribution in [3.05, 3.63) is 33.3 Å². The first kappa shape index (κ1) is 11.5. The molecule has 0 spiro atoms. The molecule has 0 saturated carbocycles. The largest absolute Gasteiger partial charge is 0.274 e. The minimum Gasteiger partial charge on any atom is -0.274 e. The second-order valence-electron chi connectivity index (χ2n) is 2.49. The van der Waals surface area contributed by atoms with Gasteiger partial charge in [0.1, 0.15) is 0 Å². The SMILES string of the molecule is CCONC(=O)c1ccc(Br)c(Cl)c1. The zero-order valence-electron chi connectivity index (χ0n) is 7.51. The number of rotatable bonds is 3. The van der Waals surface area contributed by atoms with Crippen molar-refractivity contribution in [2.24, 2.45) is 0 Å². The molecule has 0 radical (unpaired) electrons. The summed E-state index contributed by atoms with van der Waals surface area (Å²) in [5.74, 6) is -0.304. The average Bonchev–Trinajstić information content (AvgIpc) is 2.18. The highest BCUT2D eigenvalue weighted by Gasteiger charge is 2.06. The van der Waals surface area contributed by atoms with Gasteiger partial charge in [-0.2, -0.15) is 0 Å². The van der Waals surface area contributed by atoms with Crippen LogP contribution in [0, 0.1) is 0 Å². The first-order valence-corrected chi connectivity index (χ1v) is 5.19. The fourth-order valence-electron chi connectivity index (χ4n) is 0.834. The molecule has 0 aliphatic heterocycles. The Morgan fingerprint density at radius 2 is 2.36 bits per heavy atom. The molecule has 0 bridgehead atoms. The van der Waals surface area contributed by atoms with Gasteiger partial charge >= 0.3 is 0 Å². The van der Waals surface area contributed by atoms with Crippen LogP contribution in [0.4, 0.5) is 0 Å². The third-order valence-corrected chi connectivity index (χ3v) is 2.72. The lowest BCUT2D eigenvalue weighted by atomic mass is 10.2. The van der Waals surface area contributed by atoms with E-state index >= 15 is 0 Å². The van der Waals surface area contributed by atoms with Gasteiger partial charge in [-0.25, -0.2) is 5.48 Å². The zero-order chi connectivity index (χ0) is 10.6. The van der Waals surface area contributed by atoms with Crippen LogP contribution in [0.2, 0.25) is 5.02 Å². The van der Waals surface area contributed by atoms with Gasteiger partial charge in [0, 0.05) is 10.0 Å². The molecule has 0 aromatic heterocycles. The van der Waals surface area contributed by atoms with Crippen LogP contribution in [0.3, 0.4) is 0 Å². The van der Waals surface area contributed by atoms with E-state index < -0.39 is 0 Å². The van der Waals surface area contributed by atoms with Gasteiger partial charge in [0.2, 0.25) is 0 Å². The molecule has 0 atom stereocenters. The lowest BCUT2D eigenvalue weighted by molar-refractivity contribution is 0.0364. The monoisotopic (exact) mass is 277 g/mol. The number of nitrogens with one attached hydrogen (secondary N) is 1. The molecule has 5 heteroatoms. The van der Waals surface area contributed by atoms with Crippen molar-refractivity contribution in [3.63, 3.8) is 0 Å². The number of halogens is 2. The Morgan fingerprint density at radius 1 is 1.64 bits per heavy atom. The molecule has 1 aromatic rings. The van der Waals surface area contributed by atoms with E-state index in [0.29, 0.717) is 17.2 Å². The van der Waals surface area contributed by atoms with Crippen molar-refractivity contribution in [2.45, 2.75) is 6.92 Å². The summed E-state index contributed by atoms with van der Waals surface area (Å²) in [7, 11) is 0. The standard InChI is InChI=1S/C9H9BrClNO2/c1-2-14-12-9(13)6-3-4-7(10)8(11)5-6/h3-5H,2H2,1H3,(H,12,13). The predicted molar refractivity (Wildman–Crippen MR) is 58.2 cm³/mol. The van der Waals surface area contributed by atoms with Crippen molar-refractivity contribution >= 4 is 33.4 Å². The second-order valence-corrected chi connectivity index (χ2v) is 3.75. The summed E-state index contributed by atoms with van der Waals surface area (Å²) in [6.45, 7) is 2.21. The van der Waals surface area contributed by atoms with Gasteiger partial charge in [-0.05, 0) is 41.1 Å². The highest BCUT2D eigenvalue weighted by atomic mass is 79.9. The van der Waals surface area contributed by atoms with Gasteiger partial charge in [0.15, 0.2) is 0 Å². The highest BCUT2D eigenvalue weighted by Crippen LogP contribution is 2.22. The molecule has 14 heavy (non-hydrogen) atoms. The number of amides is 1. The fraction of sp³-hybridized carbons (Fsp3) is 0.222. The maximum absolute atomic E-state index is 11.4. The van der Waals surface area contributed by atoms with E-state index in [1.54, 1.807) is 25.1 Å². The molecule has 0 unspecified atom stereocenters.